The molecule has 2 aromatic carbocycles. The number of methoxy groups -OCH3 is 1. The van der Waals surface area contributed by atoms with Gasteiger partial charge in [-0.3, -0.25) is 9.59 Å². The molecule has 3 aromatic rings. The Balaban J connectivity index is 1.56. The van der Waals surface area contributed by atoms with Gasteiger partial charge < -0.3 is 15.4 Å². The second kappa shape index (κ2) is 10.3. The number of carbonyl (C=O) groups is 2. The number of nitrogens with one attached hydrogen (secondary N) is 2. The molecule has 1 unspecified atom stereocenters. The molecule has 2 N–H and O–H groups in total. The zero-order valence-electron chi connectivity index (χ0n) is 17.0. The molecule has 0 fully saturated rings. The molecule has 8 heteroatoms. The van der Waals surface area contributed by atoms with Crippen molar-refractivity contribution in [2.24, 2.45) is 0 Å². The lowest BCUT2D eigenvalue weighted by molar-refractivity contribution is -0.119. The second-order valence-corrected chi connectivity index (χ2v) is 8.50. The monoisotopic (exact) mass is 441 g/mol. The Kier molecular flexibility index (Phi) is 7.48. The smallest absolute Gasteiger partial charge is 0.236 e. The molecule has 0 bridgehead atoms. The van der Waals surface area contributed by atoms with Crippen molar-refractivity contribution in [1.82, 2.24) is 10.3 Å². The molecule has 1 atom stereocenters. The minimum atomic E-state index is -0.108. The molecule has 30 heavy (non-hydrogen) atoms. The highest BCUT2D eigenvalue weighted by atomic mass is 32.2. The maximum Gasteiger partial charge on any atom is 0.236 e. The van der Waals surface area contributed by atoms with E-state index >= 15 is 0 Å². The molecular weight excluding hydrogens is 418 g/mol. The summed E-state index contributed by atoms with van der Waals surface area (Å²) >= 11 is 2.83. The summed E-state index contributed by atoms with van der Waals surface area (Å²) in [5.41, 5.74) is 2.78. The van der Waals surface area contributed by atoms with Crippen LogP contribution in [0.3, 0.4) is 0 Å². The molecule has 0 aliphatic carbocycles. The third-order valence-electron chi connectivity index (χ3n) is 4.29. The second-order valence-electron chi connectivity index (χ2n) is 6.60. The summed E-state index contributed by atoms with van der Waals surface area (Å²) in [5.74, 6) is 0.888. The topological polar surface area (TPSA) is 80.3 Å². The molecule has 3 rings (SSSR count). The van der Waals surface area contributed by atoms with E-state index in [1.165, 1.54) is 30.0 Å². The molecule has 156 valence electrons. The van der Waals surface area contributed by atoms with Gasteiger partial charge in [0.2, 0.25) is 11.8 Å². The van der Waals surface area contributed by atoms with Crippen LogP contribution in [0.5, 0.6) is 5.75 Å². The molecule has 0 radical (unpaired) electrons. The van der Waals surface area contributed by atoms with Gasteiger partial charge in [-0.2, -0.15) is 0 Å². The van der Waals surface area contributed by atoms with Crippen molar-refractivity contribution in [3.8, 4) is 17.0 Å². The fourth-order valence-corrected chi connectivity index (χ4v) is 4.27. The van der Waals surface area contributed by atoms with Gasteiger partial charge in [0.15, 0.2) is 5.13 Å². The van der Waals surface area contributed by atoms with Gasteiger partial charge in [0, 0.05) is 22.8 Å². The highest BCUT2D eigenvalue weighted by Crippen LogP contribution is 2.27. The van der Waals surface area contributed by atoms with E-state index in [1.807, 2.05) is 60.8 Å². The third-order valence-corrected chi connectivity index (χ3v) is 6.04. The van der Waals surface area contributed by atoms with Crippen LogP contribution in [0.25, 0.3) is 11.3 Å². The average Bonchev–Trinajstić information content (AvgIpc) is 3.20. The first-order chi connectivity index (χ1) is 14.4. The largest absolute Gasteiger partial charge is 0.497 e. The molecule has 6 nitrogen and oxygen atoms in total. The molecule has 1 heterocycles. The molecule has 0 spiro atoms. The number of benzene rings is 2. The van der Waals surface area contributed by atoms with Gasteiger partial charge >= 0.3 is 0 Å². The van der Waals surface area contributed by atoms with Gasteiger partial charge in [0.1, 0.15) is 5.75 Å². The maximum atomic E-state index is 12.3. The number of nitrogens with zero attached hydrogens (tertiary/aromatic N) is 1. The number of aromatic nitrogens is 1. The van der Waals surface area contributed by atoms with Crippen molar-refractivity contribution in [1.29, 1.82) is 0 Å². The number of hydrogen-bond donors (Lipinski definition) is 2. The number of thioether (sulfide) groups is 1. The summed E-state index contributed by atoms with van der Waals surface area (Å²) in [4.78, 5) is 28.9. The standard InChI is InChI=1S/C22H23N3O3S2/c1-14(23-15(2)26)16-7-9-17(10-8-16)20-12-30-22(24-20)25-21(27)13-29-19-6-4-5-18(11-19)28-3/h4-12,14H,13H2,1-3H3,(H,23,26)(H,24,25,27). The van der Waals surface area contributed by atoms with Crippen LogP contribution in [0.4, 0.5) is 5.13 Å². The maximum absolute atomic E-state index is 12.3. The Labute approximate surface area is 184 Å². The van der Waals surface area contributed by atoms with Crippen LogP contribution in [0.1, 0.15) is 25.5 Å². The van der Waals surface area contributed by atoms with Crippen LogP contribution in [0.2, 0.25) is 0 Å². The normalized spacial score (nSPS) is 11.6. The van der Waals surface area contributed by atoms with E-state index in [9.17, 15) is 9.59 Å². The van der Waals surface area contributed by atoms with Gasteiger partial charge in [-0.25, -0.2) is 4.98 Å². The van der Waals surface area contributed by atoms with Crippen LogP contribution >= 0.6 is 23.1 Å². The minimum Gasteiger partial charge on any atom is -0.497 e. The van der Waals surface area contributed by atoms with Crippen molar-refractivity contribution >= 4 is 40.0 Å². The number of ether oxygens (including phenoxy) is 1. The summed E-state index contributed by atoms with van der Waals surface area (Å²) in [6.07, 6.45) is 0. The number of thiazole rings is 1. The highest BCUT2D eigenvalue weighted by Gasteiger charge is 2.11. The molecule has 0 aliphatic rings. The van der Waals surface area contributed by atoms with Crippen molar-refractivity contribution in [3.63, 3.8) is 0 Å². The highest BCUT2D eigenvalue weighted by molar-refractivity contribution is 8.00. The van der Waals surface area contributed by atoms with E-state index in [-0.39, 0.29) is 23.6 Å². The molecule has 1 aromatic heterocycles. The van der Waals surface area contributed by atoms with E-state index in [0.29, 0.717) is 5.13 Å². The lowest BCUT2D eigenvalue weighted by Gasteiger charge is -2.13. The van der Waals surface area contributed by atoms with E-state index in [0.717, 1.165) is 27.5 Å². The lowest BCUT2D eigenvalue weighted by Crippen LogP contribution is -2.23. The molecular formula is C22H23N3O3S2. The fourth-order valence-electron chi connectivity index (χ4n) is 2.79. The fraction of sp³-hybridized carbons (Fsp3) is 0.227. The van der Waals surface area contributed by atoms with Crippen molar-refractivity contribution in [2.45, 2.75) is 24.8 Å². The Hall–Kier alpha value is -2.84. The van der Waals surface area contributed by atoms with Crippen LogP contribution in [-0.2, 0) is 9.59 Å². The Morgan fingerprint density at radius 2 is 1.97 bits per heavy atom. The van der Waals surface area contributed by atoms with E-state index in [2.05, 4.69) is 15.6 Å². The van der Waals surface area contributed by atoms with Crippen LogP contribution < -0.4 is 15.4 Å². The van der Waals surface area contributed by atoms with E-state index < -0.39 is 0 Å². The first-order valence-corrected chi connectivity index (χ1v) is 11.2. The summed E-state index contributed by atoms with van der Waals surface area (Å²) in [6, 6.07) is 15.4. The summed E-state index contributed by atoms with van der Waals surface area (Å²) < 4.78 is 5.20. The van der Waals surface area contributed by atoms with Gasteiger partial charge in [-0.05, 0) is 30.7 Å². The Morgan fingerprint density at radius 3 is 2.67 bits per heavy atom. The van der Waals surface area contributed by atoms with Gasteiger partial charge in [0.25, 0.3) is 0 Å². The van der Waals surface area contributed by atoms with Crippen molar-refractivity contribution in [3.05, 3.63) is 59.5 Å². The Morgan fingerprint density at radius 1 is 1.20 bits per heavy atom. The van der Waals surface area contributed by atoms with Crippen LogP contribution in [-0.4, -0.2) is 29.7 Å². The summed E-state index contributed by atoms with van der Waals surface area (Å²) in [7, 11) is 1.62. The van der Waals surface area contributed by atoms with Gasteiger partial charge in [0.05, 0.1) is 24.6 Å². The molecule has 2 amide bonds. The average molecular weight is 442 g/mol. The summed E-state index contributed by atoms with van der Waals surface area (Å²) in [5, 5.41) is 8.20. The predicted molar refractivity (Wildman–Crippen MR) is 122 cm³/mol. The number of amides is 2. The number of anilines is 1. The quantitative estimate of drug-likeness (QED) is 0.493. The van der Waals surface area contributed by atoms with Gasteiger partial charge in [-0.15, -0.1) is 23.1 Å². The van der Waals surface area contributed by atoms with Crippen molar-refractivity contribution < 1.29 is 14.3 Å². The van der Waals surface area contributed by atoms with Crippen LogP contribution in [0.15, 0.2) is 58.8 Å². The van der Waals surface area contributed by atoms with Crippen molar-refractivity contribution in [2.75, 3.05) is 18.2 Å². The lowest BCUT2D eigenvalue weighted by atomic mass is 10.1. The van der Waals surface area contributed by atoms with E-state index in [1.54, 1.807) is 7.11 Å². The molecule has 0 saturated carbocycles. The summed E-state index contributed by atoms with van der Waals surface area (Å²) in [6.45, 7) is 3.45. The first-order valence-electron chi connectivity index (χ1n) is 9.34. The zero-order chi connectivity index (χ0) is 21.5. The minimum absolute atomic E-state index is 0.0519. The first kappa shape index (κ1) is 21.9. The number of carbonyl (C=O) groups excluding carboxylic acids is 2. The zero-order valence-corrected chi connectivity index (χ0v) is 18.6. The number of hydrogen-bond acceptors (Lipinski definition) is 6. The third kappa shape index (κ3) is 6.08. The molecule has 0 aliphatic heterocycles. The van der Waals surface area contributed by atoms with E-state index in [4.69, 9.17) is 4.74 Å². The molecule has 0 saturated heterocycles. The SMILES string of the molecule is COc1cccc(SCC(=O)Nc2nc(-c3ccc(C(C)NC(C)=O)cc3)cs2)c1. The predicted octanol–water partition coefficient (Wildman–Crippen LogP) is 4.75. The number of rotatable bonds is 8. The Bertz CT molecular complexity index is 1020. The van der Waals surface area contributed by atoms with Gasteiger partial charge in [-0.1, -0.05) is 30.3 Å². The van der Waals surface area contributed by atoms with Crippen LogP contribution in [0, 0.1) is 0 Å².